The zero-order valence-electron chi connectivity index (χ0n) is 12.0. The van der Waals surface area contributed by atoms with Gasteiger partial charge in [0, 0.05) is 12.6 Å². The Morgan fingerprint density at radius 2 is 2.10 bits per heavy atom. The molecule has 4 N–H and O–H groups in total. The minimum Gasteiger partial charge on any atom is -0.368 e. The smallest absolute Gasteiger partial charge is 0.243 e. The van der Waals surface area contributed by atoms with Gasteiger partial charge in [-0.25, -0.2) is 8.42 Å². The van der Waals surface area contributed by atoms with Crippen LogP contribution in [0.3, 0.4) is 0 Å². The van der Waals surface area contributed by atoms with Crippen molar-refractivity contribution in [2.75, 3.05) is 6.54 Å². The summed E-state index contributed by atoms with van der Waals surface area (Å²) in [6.45, 7) is 2.11. The molecule has 116 valence electrons. The molecular weight excluding hydrogens is 290 g/mol. The number of rotatable bonds is 4. The van der Waals surface area contributed by atoms with Gasteiger partial charge in [0.05, 0.1) is 4.90 Å². The maximum absolute atomic E-state index is 12.8. The molecule has 0 aliphatic carbocycles. The number of benzene rings is 1. The first-order valence-corrected chi connectivity index (χ1v) is 8.44. The van der Waals surface area contributed by atoms with E-state index < -0.39 is 22.0 Å². The predicted molar refractivity (Wildman–Crippen MR) is 79.8 cm³/mol. The molecular formula is C14H21N3O3S. The Labute approximate surface area is 125 Å². The topological polar surface area (TPSA) is 106 Å². The first-order valence-electron chi connectivity index (χ1n) is 7.00. The highest BCUT2D eigenvalue weighted by atomic mass is 32.2. The van der Waals surface area contributed by atoms with Crippen molar-refractivity contribution >= 4 is 15.9 Å². The van der Waals surface area contributed by atoms with Gasteiger partial charge in [-0.15, -0.1) is 0 Å². The van der Waals surface area contributed by atoms with E-state index in [1.807, 2.05) is 0 Å². The summed E-state index contributed by atoms with van der Waals surface area (Å²) in [7, 11) is -3.74. The van der Waals surface area contributed by atoms with E-state index in [9.17, 15) is 13.2 Å². The van der Waals surface area contributed by atoms with Crippen LogP contribution >= 0.6 is 0 Å². The van der Waals surface area contributed by atoms with E-state index >= 15 is 0 Å². The summed E-state index contributed by atoms with van der Waals surface area (Å²) in [6.07, 6.45) is 2.01. The number of nitrogens with two attached hydrogens (primary N) is 2. The molecule has 0 radical (unpaired) electrons. The van der Waals surface area contributed by atoms with Crippen molar-refractivity contribution in [1.29, 1.82) is 0 Å². The van der Waals surface area contributed by atoms with E-state index in [1.165, 1.54) is 10.4 Å². The Kier molecular flexibility index (Phi) is 4.65. The largest absolute Gasteiger partial charge is 0.368 e. The predicted octanol–water partition coefficient (Wildman–Crippen LogP) is 0.735. The summed E-state index contributed by atoms with van der Waals surface area (Å²) >= 11 is 0. The van der Waals surface area contributed by atoms with Gasteiger partial charge in [0.25, 0.3) is 0 Å². The monoisotopic (exact) mass is 311 g/mol. The summed E-state index contributed by atoms with van der Waals surface area (Å²) in [5.74, 6) is -0.596. The van der Waals surface area contributed by atoms with Gasteiger partial charge in [-0.3, -0.25) is 4.79 Å². The van der Waals surface area contributed by atoms with Crippen LogP contribution in [0, 0.1) is 0 Å². The zero-order valence-corrected chi connectivity index (χ0v) is 12.8. The second-order valence-electron chi connectivity index (χ2n) is 5.39. The molecule has 1 amide bonds. The third-order valence-corrected chi connectivity index (χ3v) is 5.68. The number of sulfonamides is 1. The number of amides is 1. The highest BCUT2D eigenvalue weighted by molar-refractivity contribution is 7.89. The Morgan fingerprint density at radius 1 is 1.38 bits per heavy atom. The summed E-state index contributed by atoms with van der Waals surface area (Å²) in [4.78, 5) is 11.7. The Hall–Kier alpha value is -1.44. The van der Waals surface area contributed by atoms with E-state index in [-0.39, 0.29) is 10.9 Å². The molecule has 0 saturated carbocycles. The average Bonchev–Trinajstić information content (AvgIpc) is 2.47. The lowest BCUT2D eigenvalue weighted by Gasteiger charge is -2.32. The molecule has 1 heterocycles. The van der Waals surface area contributed by atoms with Crippen molar-refractivity contribution in [3.8, 4) is 0 Å². The van der Waals surface area contributed by atoms with E-state index in [1.54, 1.807) is 25.1 Å². The average molecular weight is 311 g/mol. The Morgan fingerprint density at radius 3 is 2.71 bits per heavy atom. The molecule has 1 aromatic carbocycles. The van der Waals surface area contributed by atoms with Crippen molar-refractivity contribution in [1.82, 2.24) is 4.31 Å². The van der Waals surface area contributed by atoms with Crippen molar-refractivity contribution in [2.45, 2.75) is 43.2 Å². The molecule has 1 saturated heterocycles. The minimum absolute atomic E-state index is 0.158. The summed E-state index contributed by atoms with van der Waals surface area (Å²) in [6, 6.07) is 5.51. The lowest BCUT2D eigenvalue weighted by atomic mass is 10.0. The fourth-order valence-electron chi connectivity index (χ4n) is 2.57. The van der Waals surface area contributed by atoms with Crippen LogP contribution in [0.1, 0.15) is 37.8 Å². The van der Waals surface area contributed by atoms with Gasteiger partial charge >= 0.3 is 0 Å². The number of piperidine rings is 1. The molecule has 7 heteroatoms. The van der Waals surface area contributed by atoms with Crippen LogP contribution in [0.4, 0.5) is 0 Å². The van der Waals surface area contributed by atoms with Crippen LogP contribution in [-0.4, -0.2) is 31.2 Å². The minimum atomic E-state index is -3.74. The molecule has 0 bridgehead atoms. The van der Waals surface area contributed by atoms with Gasteiger partial charge in [-0.05, 0) is 37.5 Å². The fourth-order valence-corrected chi connectivity index (χ4v) is 4.29. The normalized spacial score (nSPS) is 21.9. The molecule has 6 nitrogen and oxygen atoms in total. The summed E-state index contributed by atoms with van der Waals surface area (Å²) < 4.78 is 26.7. The highest BCUT2D eigenvalue weighted by Gasteiger charge is 2.36. The van der Waals surface area contributed by atoms with Crippen LogP contribution in [0.15, 0.2) is 29.2 Å². The third-order valence-electron chi connectivity index (χ3n) is 3.77. The molecule has 2 rings (SSSR count). The first-order chi connectivity index (χ1) is 9.84. The number of nitrogens with zero attached hydrogens (tertiary/aromatic N) is 1. The lowest BCUT2D eigenvalue weighted by Crippen LogP contribution is -2.50. The number of hydrogen-bond acceptors (Lipinski definition) is 4. The van der Waals surface area contributed by atoms with Crippen LogP contribution in [0.2, 0.25) is 0 Å². The van der Waals surface area contributed by atoms with E-state index in [2.05, 4.69) is 0 Å². The van der Waals surface area contributed by atoms with E-state index in [0.29, 0.717) is 13.0 Å². The molecule has 1 aromatic rings. The molecule has 0 spiro atoms. The number of carbonyl (C=O) groups excluding carboxylic acids is 1. The first kappa shape index (κ1) is 15.9. The number of hydrogen-bond donors (Lipinski definition) is 2. The standard InChI is InChI=1S/C14H21N3O3S/c1-10(15)11-5-4-6-12(9-11)21(19,20)17-8-3-2-7-13(17)14(16)18/h4-6,9-10,13H,2-3,7-8,15H2,1H3,(H2,16,18). The van der Waals surface area contributed by atoms with Gasteiger partial charge in [-0.2, -0.15) is 4.31 Å². The molecule has 2 unspecified atom stereocenters. The van der Waals surface area contributed by atoms with Gasteiger partial charge in [0.1, 0.15) is 6.04 Å². The maximum atomic E-state index is 12.8. The molecule has 1 fully saturated rings. The fraction of sp³-hybridized carbons (Fsp3) is 0.500. The van der Waals surface area contributed by atoms with Crippen LogP contribution in [0.25, 0.3) is 0 Å². The molecule has 2 atom stereocenters. The van der Waals surface area contributed by atoms with Gasteiger partial charge in [-0.1, -0.05) is 18.6 Å². The van der Waals surface area contributed by atoms with Gasteiger partial charge < -0.3 is 11.5 Å². The summed E-state index contributed by atoms with van der Waals surface area (Å²) in [5, 5.41) is 0. The molecule has 21 heavy (non-hydrogen) atoms. The van der Waals surface area contributed by atoms with Gasteiger partial charge in [0.15, 0.2) is 0 Å². The van der Waals surface area contributed by atoms with Gasteiger partial charge in [0.2, 0.25) is 15.9 Å². The van der Waals surface area contributed by atoms with E-state index in [4.69, 9.17) is 11.5 Å². The second kappa shape index (κ2) is 6.13. The SMILES string of the molecule is CC(N)c1cccc(S(=O)(=O)N2CCCCC2C(N)=O)c1. The quantitative estimate of drug-likeness (QED) is 0.855. The summed E-state index contributed by atoms with van der Waals surface area (Å²) in [5.41, 5.74) is 11.9. The van der Waals surface area contributed by atoms with Crippen molar-refractivity contribution in [2.24, 2.45) is 11.5 Å². The molecule has 1 aliphatic rings. The Balaban J connectivity index is 2.40. The lowest BCUT2D eigenvalue weighted by molar-refractivity contribution is -0.122. The number of primary amides is 1. The van der Waals surface area contributed by atoms with Crippen LogP contribution < -0.4 is 11.5 Å². The van der Waals surface area contributed by atoms with Crippen LogP contribution in [-0.2, 0) is 14.8 Å². The third kappa shape index (κ3) is 3.25. The number of carbonyl (C=O) groups is 1. The molecule has 1 aliphatic heterocycles. The van der Waals surface area contributed by atoms with E-state index in [0.717, 1.165) is 18.4 Å². The van der Waals surface area contributed by atoms with Crippen molar-refractivity contribution in [3.63, 3.8) is 0 Å². The van der Waals surface area contributed by atoms with Crippen molar-refractivity contribution < 1.29 is 13.2 Å². The Bertz CT molecular complexity index is 628. The second-order valence-corrected chi connectivity index (χ2v) is 7.28. The highest BCUT2D eigenvalue weighted by Crippen LogP contribution is 2.26. The molecule has 0 aromatic heterocycles. The van der Waals surface area contributed by atoms with Crippen molar-refractivity contribution in [3.05, 3.63) is 29.8 Å². The maximum Gasteiger partial charge on any atom is 0.243 e. The zero-order chi connectivity index (χ0) is 15.6. The van der Waals surface area contributed by atoms with Crippen LogP contribution in [0.5, 0.6) is 0 Å².